The first-order valence-electron chi connectivity index (χ1n) is 9.80. The third kappa shape index (κ3) is 4.96. The Kier molecular flexibility index (Phi) is 6.63. The second-order valence-electron chi connectivity index (χ2n) is 7.28. The molecule has 1 atom stereocenters. The van der Waals surface area contributed by atoms with Gasteiger partial charge in [-0.25, -0.2) is 0 Å². The Hall–Kier alpha value is -2.18. The summed E-state index contributed by atoms with van der Waals surface area (Å²) >= 11 is 0. The number of rotatable bonds is 7. The van der Waals surface area contributed by atoms with E-state index in [2.05, 4.69) is 34.0 Å². The minimum absolute atomic E-state index is 0.0884. The molecule has 0 spiro atoms. The number of carbonyl (C=O) groups is 1. The summed E-state index contributed by atoms with van der Waals surface area (Å²) in [6.45, 7) is 7.88. The number of aliphatic hydroxyl groups is 1. The number of hydrogen-bond acceptors (Lipinski definition) is 4. The highest BCUT2D eigenvalue weighted by atomic mass is 16.3. The second kappa shape index (κ2) is 9.15. The number of nitrogens with zero attached hydrogens (tertiary/aromatic N) is 4. The van der Waals surface area contributed by atoms with Crippen molar-refractivity contribution < 1.29 is 9.90 Å². The fourth-order valence-electron chi connectivity index (χ4n) is 3.75. The molecule has 0 unspecified atom stereocenters. The quantitative estimate of drug-likeness (QED) is 0.812. The molecule has 27 heavy (non-hydrogen) atoms. The first-order valence-corrected chi connectivity index (χ1v) is 9.80. The molecule has 0 aliphatic carbocycles. The first kappa shape index (κ1) is 19.6. The van der Waals surface area contributed by atoms with Crippen molar-refractivity contribution in [2.75, 3.05) is 19.7 Å². The lowest BCUT2D eigenvalue weighted by molar-refractivity contribution is -0.133. The Morgan fingerprint density at radius 1 is 1.22 bits per heavy atom. The van der Waals surface area contributed by atoms with Crippen LogP contribution in [0.2, 0.25) is 0 Å². The number of benzene rings is 1. The normalized spacial score (nSPS) is 18.7. The minimum atomic E-state index is 0.0884. The summed E-state index contributed by atoms with van der Waals surface area (Å²) in [5.41, 5.74) is 3.34. The van der Waals surface area contributed by atoms with Crippen LogP contribution in [0, 0.1) is 6.92 Å². The minimum Gasteiger partial charge on any atom is -0.394 e. The van der Waals surface area contributed by atoms with Crippen molar-refractivity contribution in [2.24, 2.45) is 0 Å². The number of amides is 1. The lowest BCUT2D eigenvalue weighted by atomic mass is 10.1. The number of aliphatic hydroxyl groups excluding tert-OH is 1. The maximum absolute atomic E-state index is 12.8. The molecule has 0 radical (unpaired) electrons. The zero-order chi connectivity index (χ0) is 19.2. The van der Waals surface area contributed by atoms with Crippen LogP contribution in [-0.2, 0) is 24.4 Å². The van der Waals surface area contributed by atoms with Crippen LogP contribution in [0.15, 0.2) is 36.5 Å². The average Bonchev–Trinajstić information content (AvgIpc) is 2.94. The van der Waals surface area contributed by atoms with Gasteiger partial charge in [0.2, 0.25) is 5.91 Å². The van der Waals surface area contributed by atoms with E-state index in [1.807, 2.05) is 31.3 Å². The fourth-order valence-corrected chi connectivity index (χ4v) is 3.75. The maximum atomic E-state index is 12.8. The number of aryl methyl sites for hydroxylation is 1. The van der Waals surface area contributed by atoms with Crippen molar-refractivity contribution in [1.29, 1.82) is 0 Å². The molecule has 1 fully saturated rings. The molecular weight excluding hydrogens is 340 g/mol. The van der Waals surface area contributed by atoms with Crippen LogP contribution < -0.4 is 0 Å². The van der Waals surface area contributed by atoms with E-state index in [0.717, 1.165) is 31.7 Å². The van der Waals surface area contributed by atoms with E-state index in [0.29, 0.717) is 19.5 Å². The maximum Gasteiger partial charge on any atom is 0.224 e. The van der Waals surface area contributed by atoms with Gasteiger partial charge in [0.05, 0.1) is 18.8 Å². The van der Waals surface area contributed by atoms with Gasteiger partial charge in [-0.1, -0.05) is 37.3 Å². The van der Waals surface area contributed by atoms with Gasteiger partial charge in [0.15, 0.2) is 0 Å². The molecule has 0 saturated carbocycles. The molecule has 6 heteroatoms. The van der Waals surface area contributed by atoms with Gasteiger partial charge in [-0.3, -0.25) is 14.4 Å². The Morgan fingerprint density at radius 2 is 2.00 bits per heavy atom. The Morgan fingerprint density at radius 3 is 2.70 bits per heavy atom. The monoisotopic (exact) mass is 370 g/mol. The topological polar surface area (TPSA) is 61.6 Å². The molecule has 146 valence electrons. The Labute approximate surface area is 161 Å². The number of hydrogen-bond donors (Lipinski definition) is 1. The highest BCUT2D eigenvalue weighted by molar-refractivity contribution is 5.77. The van der Waals surface area contributed by atoms with Gasteiger partial charge in [0.25, 0.3) is 0 Å². The molecule has 3 rings (SSSR count). The molecule has 1 aromatic heterocycles. The van der Waals surface area contributed by atoms with Crippen LogP contribution in [0.5, 0.6) is 0 Å². The van der Waals surface area contributed by atoms with Gasteiger partial charge < -0.3 is 10.0 Å². The summed E-state index contributed by atoms with van der Waals surface area (Å²) in [5, 5.41) is 13.6. The molecule has 1 aliphatic rings. The first-order chi connectivity index (χ1) is 13.1. The summed E-state index contributed by atoms with van der Waals surface area (Å²) < 4.78 is 1.80. The van der Waals surface area contributed by atoms with Crippen molar-refractivity contribution in [3.8, 4) is 0 Å². The third-order valence-electron chi connectivity index (χ3n) is 5.31. The summed E-state index contributed by atoms with van der Waals surface area (Å²) in [5.74, 6) is 0.237. The predicted molar refractivity (Wildman–Crippen MR) is 105 cm³/mol. The van der Waals surface area contributed by atoms with Crippen LogP contribution >= 0.6 is 0 Å². The summed E-state index contributed by atoms with van der Waals surface area (Å²) in [4.78, 5) is 17.2. The SMILES string of the molecule is CC[C@@H]1CN(Cc2cn(CCO)nc2C)CCC(=O)N1Cc1ccccc1. The van der Waals surface area contributed by atoms with Gasteiger partial charge >= 0.3 is 0 Å². The third-order valence-corrected chi connectivity index (χ3v) is 5.31. The van der Waals surface area contributed by atoms with Crippen LogP contribution in [0.3, 0.4) is 0 Å². The summed E-state index contributed by atoms with van der Waals surface area (Å²) in [6, 6.07) is 10.4. The molecular formula is C21H30N4O2. The molecule has 1 saturated heterocycles. The molecule has 1 N–H and O–H groups in total. The summed E-state index contributed by atoms with van der Waals surface area (Å²) in [7, 11) is 0. The summed E-state index contributed by atoms with van der Waals surface area (Å²) in [6.07, 6.45) is 3.51. The fraction of sp³-hybridized carbons (Fsp3) is 0.524. The van der Waals surface area contributed by atoms with Gasteiger partial charge in [0, 0.05) is 50.4 Å². The molecule has 2 heterocycles. The van der Waals surface area contributed by atoms with Crippen LogP contribution in [-0.4, -0.2) is 56.3 Å². The smallest absolute Gasteiger partial charge is 0.224 e. The standard InChI is InChI=1S/C21H30N4O2/c1-3-20-16-23(14-19-15-24(11-12-26)22-17(19)2)10-9-21(27)25(20)13-18-7-5-4-6-8-18/h4-8,15,20,26H,3,9-14,16H2,1-2H3/t20-/m1/s1. The van der Waals surface area contributed by atoms with Crippen LogP contribution in [0.4, 0.5) is 0 Å². The van der Waals surface area contributed by atoms with Crippen LogP contribution in [0.1, 0.15) is 36.6 Å². The molecule has 6 nitrogen and oxygen atoms in total. The number of carbonyl (C=O) groups excluding carboxylic acids is 1. The molecule has 1 aromatic carbocycles. The van der Waals surface area contributed by atoms with E-state index in [-0.39, 0.29) is 18.6 Å². The van der Waals surface area contributed by atoms with Gasteiger partial charge in [-0.05, 0) is 18.9 Å². The van der Waals surface area contributed by atoms with E-state index < -0.39 is 0 Å². The molecule has 2 aromatic rings. The average molecular weight is 370 g/mol. The number of aromatic nitrogens is 2. The zero-order valence-corrected chi connectivity index (χ0v) is 16.3. The van der Waals surface area contributed by atoms with Crippen molar-refractivity contribution in [1.82, 2.24) is 19.6 Å². The highest BCUT2D eigenvalue weighted by Crippen LogP contribution is 2.20. The molecule has 1 aliphatic heterocycles. The van der Waals surface area contributed by atoms with Crippen molar-refractivity contribution >= 4 is 5.91 Å². The van der Waals surface area contributed by atoms with Gasteiger partial charge in [-0.15, -0.1) is 0 Å². The predicted octanol–water partition coefficient (Wildman–Crippen LogP) is 2.20. The van der Waals surface area contributed by atoms with Gasteiger partial charge in [0.1, 0.15) is 0 Å². The lowest BCUT2D eigenvalue weighted by Gasteiger charge is -2.31. The molecule has 1 amide bonds. The van der Waals surface area contributed by atoms with E-state index >= 15 is 0 Å². The lowest BCUT2D eigenvalue weighted by Crippen LogP contribution is -2.42. The van der Waals surface area contributed by atoms with E-state index in [1.54, 1.807) is 4.68 Å². The van der Waals surface area contributed by atoms with E-state index in [9.17, 15) is 4.79 Å². The molecule has 0 bridgehead atoms. The highest BCUT2D eigenvalue weighted by Gasteiger charge is 2.29. The van der Waals surface area contributed by atoms with E-state index in [4.69, 9.17) is 5.11 Å². The van der Waals surface area contributed by atoms with Crippen molar-refractivity contribution in [2.45, 2.75) is 52.4 Å². The van der Waals surface area contributed by atoms with Crippen LogP contribution in [0.25, 0.3) is 0 Å². The van der Waals surface area contributed by atoms with Crippen molar-refractivity contribution in [3.63, 3.8) is 0 Å². The van der Waals surface area contributed by atoms with E-state index in [1.165, 1.54) is 11.1 Å². The second-order valence-corrected chi connectivity index (χ2v) is 7.28. The van der Waals surface area contributed by atoms with Crippen molar-refractivity contribution in [3.05, 3.63) is 53.3 Å². The zero-order valence-electron chi connectivity index (χ0n) is 16.3. The largest absolute Gasteiger partial charge is 0.394 e. The Balaban J connectivity index is 1.70. The Bertz CT molecular complexity index is 744. The van der Waals surface area contributed by atoms with Gasteiger partial charge in [-0.2, -0.15) is 5.10 Å².